The van der Waals surface area contributed by atoms with E-state index in [1.54, 1.807) is 18.6 Å². The van der Waals surface area contributed by atoms with Gasteiger partial charge < -0.3 is 5.11 Å². The Balaban J connectivity index is 1.62. The molecular weight excluding hydrogens is 338 g/mol. The number of hydrogen-bond donors (Lipinski definition) is 1. The van der Waals surface area contributed by atoms with Gasteiger partial charge in [-0.15, -0.1) is 0 Å². The van der Waals surface area contributed by atoms with Gasteiger partial charge >= 0.3 is 0 Å². The van der Waals surface area contributed by atoms with Crippen molar-refractivity contribution >= 4 is 0 Å². The van der Waals surface area contributed by atoms with Crippen molar-refractivity contribution in [2.24, 2.45) is 5.92 Å². The van der Waals surface area contributed by atoms with E-state index in [0.29, 0.717) is 19.3 Å². The van der Waals surface area contributed by atoms with Crippen molar-refractivity contribution in [1.82, 2.24) is 24.9 Å². The Kier molecular flexibility index (Phi) is 5.44. The second kappa shape index (κ2) is 8.31. The van der Waals surface area contributed by atoms with Crippen molar-refractivity contribution in [2.75, 3.05) is 6.61 Å². The molecule has 3 aromatic rings. The van der Waals surface area contributed by atoms with Crippen molar-refractivity contribution in [3.05, 3.63) is 65.9 Å². The maximum atomic E-state index is 9.06. The van der Waals surface area contributed by atoms with Gasteiger partial charge in [0.2, 0.25) is 0 Å². The summed E-state index contributed by atoms with van der Waals surface area (Å²) in [5, 5.41) is 9.06. The summed E-state index contributed by atoms with van der Waals surface area (Å²) < 4.78 is 0. The molecule has 0 unspecified atom stereocenters. The minimum Gasteiger partial charge on any atom is -0.396 e. The van der Waals surface area contributed by atoms with E-state index in [9.17, 15) is 0 Å². The molecule has 1 fully saturated rings. The second-order valence-corrected chi connectivity index (χ2v) is 7.01. The molecule has 0 spiro atoms. The number of rotatable bonds is 8. The molecule has 1 aliphatic carbocycles. The Labute approximate surface area is 158 Å². The van der Waals surface area contributed by atoms with Crippen molar-refractivity contribution in [3.63, 3.8) is 0 Å². The number of aliphatic hydroxyl groups excluding tert-OH is 1. The monoisotopic (exact) mass is 361 g/mol. The van der Waals surface area contributed by atoms with Crippen molar-refractivity contribution in [1.29, 1.82) is 0 Å². The lowest BCUT2D eigenvalue weighted by molar-refractivity contribution is 0.287. The SMILES string of the molecule is OCCCc1ncc(-c2ccnc(Cc3ccncc3)n2)c(CC2CC2)n1. The van der Waals surface area contributed by atoms with E-state index in [0.717, 1.165) is 46.5 Å². The van der Waals surface area contributed by atoms with E-state index in [2.05, 4.69) is 15.0 Å². The summed E-state index contributed by atoms with van der Waals surface area (Å²) in [7, 11) is 0. The Bertz CT molecular complexity index is 896. The lowest BCUT2D eigenvalue weighted by atomic mass is 10.1. The summed E-state index contributed by atoms with van der Waals surface area (Å²) >= 11 is 0. The largest absolute Gasteiger partial charge is 0.396 e. The molecule has 6 heteroatoms. The number of hydrogen-bond acceptors (Lipinski definition) is 6. The van der Waals surface area contributed by atoms with E-state index < -0.39 is 0 Å². The molecule has 3 heterocycles. The van der Waals surface area contributed by atoms with Gasteiger partial charge in [-0.2, -0.15) is 0 Å². The topological polar surface area (TPSA) is 84.7 Å². The van der Waals surface area contributed by atoms with E-state index in [4.69, 9.17) is 15.1 Å². The molecule has 3 aromatic heterocycles. The Morgan fingerprint density at radius 3 is 2.59 bits per heavy atom. The van der Waals surface area contributed by atoms with Crippen LogP contribution in [-0.2, 0) is 19.3 Å². The quantitative estimate of drug-likeness (QED) is 0.664. The average Bonchev–Trinajstić information content (AvgIpc) is 3.51. The van der Waals surface area contributed by atoms with Gasteiger partial charge in [-0.05, 0) is 55.4 Å². The third kappa shape index (κ3) is 4.71. The van der Waals surface area contributed by atoms with E-state index >= 15 is 0 Å². The van der Waals surface area contributed by atoms with Gasteiger partial charge in [-0.25, -0.2) is 19.9 Å². The molecule has 1 N–H and O–H groups in total. The highest BCUT2D eigenvalue weighted by atomic mass is 16.2. The van der Waals surface area contributed by atoms with E-state index in [1.807, 2.05) is 24.4 Å². The smallest absolute Gasteiger partial charge is 0.133 e. The summed E-state index contributed by atoms with van der Waals surface area (Å²) in [6, 6.07) is 5.89. The number of pyridine rings is 1. The maximum absolute atomic E-state index is 9.06. The predicted molar refractivity (Wildman–Crippen MR) is 102 cm³/mol. The molecule has 6 nitrogen and oxygen atoms in total. The number of nitrogens with zero attached hydrogens (tertiary/aromatic N) is 5. The van der Waals surface area contributed by atoms with Gasteiger partial charge in [0.1, 0.15) is 11.6 Å². The van der Waals surface area contributed by atoms with Crippen LogP contribution in [0.25, 0.3) is 11.3 Å². The van der Waals surface area contributed by atoms with Gasteiger partial charge in [0, 0.05) is 49.8 Å². The first-order valence-electron chi connectivity index (χ1n) is 9.48. The van der Waals surface area contributed by atoms with Crippen LogP contribution in [0, 0.1) is 5.92 Å². The highest BCUT2D eigenvalue weighted by molar-refractivity contribution is 5.60. The lowest BCUT2D eigenvalue weighted by Gasteiger charge is -2.10. The zero-order chi connectivity index (χ0) is 18.5. The minimum atomic E-state index is 0.160. The molecule has 0 aromatic carbocycles. The minimum absolute atomic E-state index is 0.160. The molecule has 0 aliphatic heterocycles. The second-order valence-electron chi connectivity index (χ2n) is 7.01. The zero-order valence-electron chi connectivity index (χ0n) is 15.3. The normalized spacial score (nSPS) is 13.7. The molecule has 0 atom stereocenters. The van der Waals surface area contributed by atoms with Crippen LogP contribution in [0.4, 0.5) is 0 Å². The van der Waals surface area contributed by atoms with E-state index in [-0.39, 0.29) is 6.61 Å². The Morgan fingerprint density at radius 1 is 0.963 bits per heavy atom. The molecular formula is C21H23N5O. The van der Waals surface area contributed by atoms with Crippen LogP contribution in [0.15, 0.2) is 43.0 Å². The van der Waals surface area contributed by atoms with Crippen LogP contribution in [0.1, 0.15) is 42.2 Å². The number of aryl methyl sites for hydroxylation is 1. The number of aliphatic hydroxyl groups is 1. The lowest BCUT2D eigenvalue weighted by Crippen LogP contribution is -2.06. The fourth-order valence-electron chi connectivity index (χ4n) is 3.10. The molecule has 4 rings (SSSR count). The molecule has 0 bridgehead atoms. The Morgan fingerprint density at radius 2 is 1.81 bits per heavy atom. The summed E-state index contributed by atoms with van der Waals surface area (Å²) in [4.78, 5) is 22.5. The first kappa shape index (κ1) is 17.7. The Hall–Kier alpha value is -2.73. The van der Waals surface area contributed by atoms with Gasteiger partial charge in [-0.1, -0.05) is 0 Å². The van der Waals surface area contributed by atoms with Gasteiger partial charge in [0.05, 0.1) is 11.4 Å². The van der Waals surface area contributed by atoms with Crippen molar-refractivity contribution in [2.45, 2.75) is 38.5 Å². The number of aromatic nitrogens is 5. The molecule has 27 heavy (non-hydrogen) atoms. The summed E-state index contributed by atoms with van der Waals surface area (Å²) in [5.74, 6) is 2.30. The third-order valence-electron chi connectivity index (χ3n) is 4.75. The van der Waals surface area contributed by atoms with Crippen LogP contribution in [-0.4, -0.2) is 36.6 Å². The summed E-state index contributed by atoms with van der Waals surface area (Å²) in [6.07, 6.45) is 12.8. The first-order chi connectivity index (χ1) is 13.3. The molecule has 138 valence electrons. The third-order valence-corrected chi connectivity index (χ3v) is 4.75. The van der Waals surface area contributed by atoms with Crippen molar-refractivity contribution in [3.8, 4) is 11.3 Å². The highest BCUT2D eigenvalue weighted by Crippen LogP contribution is 2.34. The highest BCUT2D eigenvalue weighted by Gasteiger charge is 2.24. The molecule has 0 radical (unpaired) electrons. The molecule has 1 saturated carbocycles. The van der Waals surface area contributed by atoms with Crippen LogP contribution in [0.5, 0.6) is 0 Å². The van der Waals surface area contributed by atoms with Gasteiger partial charge in [0.15, 0.2) is 0 Å². The molecule has 1 aliphatic rings. The summed E-state index contributed by atoms with van der Waals surface area (Å²) in [5.41, 5.74) is 4.07. The average molecular weight is 361 g/mol. The molecule has 0 saturated heterocycles. The van der Waals surface area contributed by atoms with Gasteiger partial charge in [-0.3, -0.25) is 4.98 Å². The van der Waals surface area contributed by atoms with Crippen LogP contribution < -0.4 is 0 Å². The maximum Gasteiger partial charge on any atom is 0.133 e. The van der Waals surface area contributed by atoms with Gasteiger partial charge in [0.25, 0.3) is 0 Å². The van der Waals surface area contributed by atoms with E-state index in [1.165, 1.54) is 12.8 Å². The zero-order valence-corrected chi connectivity index (χ0v) is 15.3. The van der Waals surface area contributed by atoms with Crippen LogP contribution >= 0.6 is 0 Å². The van der Waals surface area contributed by atoms with Crippen molar-refractivity contribution < 1.29 is 5.11 Å². The predicted octanol–water partition coefficient (Wildman–Crippen LogP) is 2.80. The fourth-order valence-corrected chi connectivity index (χ4v) is 3.10. The standard InChI is InChI=1S/C21H23N5O/c27-11-1-2-20-24-14-17(19(26-20)12-15-3-4-15)18-7-10-23-21(25-18)13-16-5-8-22-9-6-16/h5-10,14-15,27H,1-4,11-13H2. The fraction of sp³-hybridized carbons (Fsp3) is 0.381. The summed E-state index contributed by atoms with van der Waals surface area (Å²) in [6.45, 7) is 0.160. The van der Waals surface area contributed by atoms with Crippen LogP contribution in [0.3, 0.4) is 0 Å². The first-order valence-corrected chi connectivity index (χ1v) is 9.48. The van der Waals surface area contributed by atoms with Crippen LogP contribution in [0.2, 0.25) is 0 Å². The molecule has 0 amide bonds.